The number of anilines is 1. The van der Waals surface area contributed by atoms with Crippen molar-refractivity contribution >= 4 is 23.4 Å². The van der Waals surface area contributed by atoms with E-state index in [1.807, 2.05) is 62.6 Å². The Balaban J connectivity index is 1.93. The molecule has 0 saturated heterocycles. The zero-order valence-corrected chi connectivity index (χ0v) is 18.0. The van der Waals surface area contributed by atoms with Crippen molar-refractivity contribution < 1.29 is 19.1 Å². The van der Waals surface area contributed by atoms with Crippen LogP contribution in [-0.2, 0) is 14.3 Å². The largest absolute Gasteiger partial charge is 0.465 e. The van der Waals surface area contributed by atoms with Crippen molar-refractivity contribution in [2.75, 3.05) is 18.5 Å². The van der Waals surface area contributed by atoms with Crippen molar-refractivity contribution in [3.05, 3.63) is 48.2 Å². The summed E-state index contributed by atoms with van der Waals surface area (Å²) in [6.45, 7) is 9.55. The van der Waals surface area contributed by atoms with Gasteiger partial charge >= 0.3 is 11.9 Å². The lowest BCUT2D eigenvalue weighted by atomic mass is 9.97. The molecule has 1 N–H and O–H groups in total. The maximum Gasteiger partial charge on any atom is 0.325 e. The molecule has 2 heterocycles. The summed E-state index contributed by atoms with van der Waals surface area (Å²) in [5.41, 5.74) is 2.76. The summed E-state index contributed by atoms with van der Waals surface area (Å²) in [5, 5.41) is 3.15. The van der Waals surface area contributed by atoms with Gasteiger partial charge in [0.1, 0.15) is 29.5 Å². The first-order valence-corrected chi connectivity index (χ1v) is 9.90. The Labute approximate surface area is 176 Å². The summed E-state index contributed by atoms with van der Waals surface area (Å²) < 4.78 is 12.4. The number of imidazole rings is 1. The predicted octanol–water partition coefficient (Wildman–Crippen LogP) is 4.24. The van der Waals surface area contributed by atoms with Crippen LogP contribution in [0.1, 0.15) is 33.3 Å². The van der Waals surface area contributed by atoms with Crippen molar-refractivity contribution in [3.63, 3.8) is 0 Å². The van der Waals surface area contributed by atoms with Gasteiger partial charge in [0.2, 0.25) is 0 Å². The number of benzene rings is 1. The Morgan fingerprint density at radius 3 is 2.43 bits per heavy atom. The minimum Gasteiger partial charge on any atom is -0.465 e. The summed E-state index contributed by atoms with van der Waals surface area (Å²) in [6.07, 6.45) is 1.96. The standard InChI is InChI=1S/C23H27N3O4/c1-6-29-19(27)13-24-21-20(25-18-12-7-15(2)14-26(18)21)16-8-10-17(11-9-16)30-22(28)23(3,4)5/h7-12,14,24H,6,13H2,1-5H3. The molecule has 0 aliphatic carbocycles. The highest BCUT2D eigenvalue weighted by Crippen LogP contribution is 2.31. The normalized spacial score (nSPS) is 11.4. The second-order valence-corrected chi connectivity index (χ2v) is 8.07. The van der Waals surface area contributed by atoms with Crippen LogP contribution < -0.4 is 10.1 Å². The number of rotatable bonds is 6. The molecule has 0 bridgehead atoms. The summed E-state index contributed by atoms with van der Waals surface area (Å²) in [6, 6.07) is 11.1. The maximum atomic E-state index is 12.1. The third-order valence-electron chi connectivity index (χ3n) is 4.42. The van der Waals surface area contributed by atoms with Gasteiger partial charge in [-0.05, 0) is 70.5 Å². The number of carbonyl (C=O) groups excluding carboxylic acids is 2. The minimum absolute atomic E-state index is 0.0316. The van der Waals surface area contributed by atoms with E-state index >= 15 is 0 Å². The topological polar surface area (TPSA) is 81.9 Å². The Hall–Kier alpha value is -3.35. The highest BCUT2D eigenvalue weighted by atomic mass is 16.5. The molecule has 7 nitrogen and oxygen atoms in total. The quantitative estimate of drug-likeness (QED) is 0.484. The summed E-state index contributed by atoms with van der Waals surface area (Å²) in [4.78, 5) is 28.7. The number of hydrogen-bond donors (Lipinski definition) is 1. The van der Waals surface area contributed by atoms with Crippen LogP contribution in [-0.4, -0.2) is 34.5 Å². The molecule has 30 heavy (non-hydrogen) atoms. The molecular weight excluding hydrogens is 382 g/mol. The SMILES string of the molecule is CCOC(=O)CNc1c(-c2ccc(OC(=O)C(C)(C)C)cc2)nc2ccc(C)cn12. The Morgan fingerprint density at radius 1 is 1.10 bits per heavy atom. The molecule has 158 valence electrons. The lowest BCUT2D eigenvalue weighted by molar-refractivity contribution is -0.143. The average Bonchev–Trinajstić information content (AvgIpc) is 3.04. The van der Waals surface area contributed by atoms with E-state index in [-0.39, 0.29) is 18.5 Å². The van der Waals surface area contributed by atoms with Gasteiger partial charge in [0, 0.05) is 11.8 Å². The van der Waals surface area contributed by atoms with E-state index in [9.17, 15) is 9.59 Å². The van der Waals surface area contributed by atoms with Gasteiger partial charge in [0.25, 0.3) is 0 Å². The zero-order chi connectivity index (χ0) is 21.9. The number of fused-ring (bicyclic) bond motifs is 1. The number of hydrogen-bond acceptors (Lipinski definition) is 6. The zero-order valence-electron chi connectivity index (χ0n) is 18.0. The van der Waals surface area contributed by atoms with Crippen LogP contribution in [0.25, 0.3) is 16.9 Å². The minimum atomic E-state index is -0.581. The van der Waals surface area contributed by atoms with Gasteiger partial charge in [-0.15, -0.1) is 0 Å². The molecule has 0 amide bonds. The number of pyridine rings is 1. The molecule has 0 aliphatic rings. The molecule has 2 aromatic heterocycles. The fraction of sp³-hybridized carbons (Fsp3) is 0.348. The fourth-order valence-electron chi connectivity index (χ4n) is 2.83. The van der Waals surface area contributed by atoms with E-state index in [0.717, 1.165) is 16.8 Å². The maximum absolute atomic E-state index is 12.1. The second kappa shape index (κ2) is 8.57. The smallest absolute Gasteiger partial charge is 0.325 e. The molecule has 0 spiro atoms. The van der Waals surface area contributed by atoms with Gasteiger partial charge in [0.05, 0.1) is 12.0 Å². The fourth-order valence-corrected chi connectivity index (χ4v) is 2.83. The first-order valence-electron chi connectivity index (χ1n) is 9.90. The van der Waals surface area contributed by atoms with Gasteiger partial charge in [-0.2, -0.15) is 0 Å². The molecule has 0 fully saturated rings. The molecule has 0 radical (unpaired) electrons. The van der Waals surface area contributed by atoms with Crippen molar-refractivity contribution in [1.82, 2.24) is 9.38 Å². The van der Waals surface area contributed by atoms with E-state index in [1.54, 1.807) is 19.1 Å². The number of carbonyl (C=O) groups is 2. The van der Waals surface area contributed by atoms with Crippen LogP contribution in [0.2, 0.25) is 0 Å². The molecule has 7 heteroatoms. The molecule has 0 atom stereocenters. The van der Waals surface area contributed by atoms with Crippen LogP contribution >= 0.6 is 0 Å². The highest BCUT2D eigenvalue weighted by Gasteiger charge is 2.24. The van der Waals surface area contributed by atoms with Gasteiger partial charge in [-0.3, -0.25) is 14.0 Å². The number of nitrogens with zero attached hydrogens (tertiary/aromatic N) is 2. The van der Waals surface area contributed by atoms with Crippen molar-refractivity contribution in [1.29, 1.82) is 0 Å². The third-order valence-corrected chi connectivity index (χ3v) is 4.42. The Bertz CT molecular complexity index is 1060. The molecule has 3 aromatic rings. The number of ether oxygens (including phenoxy) is 2. The van der Waals surface area contributed by atoms with E-state index in [1.165, 1.54) is 0 Å². The van der Waals surface area contributed by atoms with E-state index in [2.05, 4.69) is 5.32 Å². The lowest BCUT2D eigenvalue weighted by Gasteiger charge is -2.16. The summed E-state index contributed by atoms with van der Waals surface area (Å²) in [5.74, 6) is 0.534. The second-order valence-electron chi connectivity index (χ2n) is 8.07. The number of nitrogens with one attached hydrogen (secondary N) is 1. The van der Waals surface area contributed by atoms with Crippen LogP contribution in [0.5, 0.6) is 5.75 Å². The van der Waals surface area contributed by atoms with Gasteiger partial charge in [0.15, 0.2) is 0 Å². The van der Waals surface area contributed by atoms with Crippen LogP contribution in [0.4, 0.5) is 5.82 Å². The number of aryl methyl sites for hydroxylation is 1. The first-order chi connectivity index (χ1) is 14.2. The highest BCUT2D eigenvalue weighted by molar-refractivity contribution is 5.81. The van der Waals surface area contributed by atoms with Crippen LogP contribution in [0.15, 0.2) is 42.6 Å². The van der Waals surface area contributed by atoms with E-state index < -0.39 is 5.41 Å². The van der Waals surface area contributed by atoms with Crippen molar-refractivity contribution in [3.8, 4) is 17.0 Å². The third kappa shape index (κ3) is 4.79. The van der Waals surface area contributed by atoms with Crippen LogP contribution in [0, 0.1) is 12.3 Å². The van der Waals surface area contributed by atoms with Crippen molar-refractivity contribution in [2.45, 2.75) is 34.6 Å². The van der Waals surface area contributed by atoms with Gasteiger partial charge in [-0.1, -0.05) is 6.07 Å². The monoisotopic (exact) mass is 409 g/mol. The molecule has 0 unspecified atom stereocenters. The Kier molecular flexibility index (Phi) is 6.10. The number of aromatic nitrogens is 2. The first kappa shape index (κ1) is 21.4. The van der Waals surface area contributed by atoms with Crippen LogP contribution in [0.3, 0.4) is 0 Å². The summed E-state index contributed by atoms with van der Waals surface area (Å²) in [7, 11) is 0. The molecule has 0 aliphatic heterocycles. The van der Waals surface area contributed by atoms with Gasteiger partial charge < -0.3 is 14.8 Å². The average molecular weight is 409 g/mol. The van der Waals surface area contributed by atoms with Crippen molar-refractivity contribution in [2.24, 2.45) is 5.41 Å². The molecule has 3 rings (SSSR count). The van der Waals surface area contributed by atoms with E-state index in [4.69, 9.17) is 14.5 Å². The molecular formula is C23H27N3O4. The molecule has 1 aromatic carbocycles. The van der Waals surface area contributed by atoms with E-state index in [0.29, 0.717) is 23.9 Å². The number of esters is 2. The predicted molar refractivity (Wildman–Crippen MR) is 116 cm³/mol. The van der Waals surface area contributed by atoms with Gasteiger partial charge in [-0.25, -0.2) is 4.98 Å². The lowest BCUT2D eigenvalue weighted by Crippen LogP contribution is -2.25. The molecule has 0 saturated carbocycles. The summed E-state index contributed by atoms with van der Waals surface area (Å²) >= 11 is 0. The Morgan fingerprint density at radius 2 is 1.80 bits per heavy atom.